The maximum atomic E-state index is 11.5. The third-order valence-corrected chi connectivity index (χ3v) is 2.38. The van der Waals surface area contributed by atoms with Crippen molar-refractivity contribution in [3.63, 3.8) is 0 Å². The lowest BCUT2D eigenvalue weighted by atomic mass is 10.0. The Morgan fingerprint density at radius 2 is 2.43 bits per heavy atom. The van der Waals surface area contributed by atoms with E-state index >= 15 is 0 Å². The van der Waals surface area contributed by atoms with Crippen molar-refractivity contribution >= 4 is 11.9 Å². The van der Waals surface area contributed by atoms with E-state index in [-0.39, 0.29) is 5.78 Å². The molecule has 1 saturated heterocycles. The van der Waals surface area contributed by atoms with Crippen LogP contribution in [0.3, 0.4) is 0 Å². The molecular weight excluding hydrogens is 178 g/mol. The van der Waals surface area contributed by atoms with Gasteiger partial charge in [0.1, 0.15) is 5.76 Å². The second kappa shape index (κ2) is 3.80. The van der Waals surface area contributed by atoms with E-state index in [1.807, 2.05) is 25.3 Å². The Kier molecular flexibility index (Phi) is 2.50. The van der Waals surface area contributed by atoms with E-state index in [0.717, 1.165) is 24.4 Å². The number of hydrogen-bond donors (Lipinski definition) is 0. The van der Waals surface area contributed by atoms with Crippen LogP contribution < -0.4 is 0 Å². The minimum Gasteiger partial charge on any atom is -0.465 e. The van der Waals surface area contributed by atoms with Crippen molar-refractivity contribution in [2.75, 3.05) is 20.1 Å². The van der Waals surface area contributed by atoms with E-state index in [2.05, 4.69) is 4.90 Å². The number of likely N-dealkylation sites (tertiary alicyclic amines) is 1. The number of furan rings is 1. The Balaban J connectivity index is 2.19. The first-order valence-corrected chi connectivity index (χ1v) is 4.71. The van der Waals surface area contributed by atoms with Crippen molar-refractivity contribution in [1.82, 2.24) is 4.90 Å². The number of piperidine rings is 1. The Morgan fingerprint density at radius 3 is 3.14 bits per heavy atom. The largest absolute Gasteiger partial charge is 0.465 e. The zero-order chi connectivity index (χ0) is 9.97. The lowest BCUT2D eigenvalue weighted by Crippen LogP contribution is -2.32. The average molecular weight is 191 g/mol. The first-order chi connectivity index (χ1) is 6.75. The maximum Gasteiger partial charge on any atom is 0.161 e. The summed E-state index contributed by atoms with van der Waals surface area (Å²) < 4.78 is 5.17. The standard InChI is InChI=1S/C11H13NO2/c1-12-5-4-11(13)9(8-12)7-10-3-2-6-14-10/h2-3,6-7H,4-5,8H2,1H3/b9-7+. The number of Topliss-reactive ketones (excluding diaryl/α,β-unsaturated/α-hetero) is 1. The molecule has 1 aromatic heterocycles. The SMILES string of the molecule is CN1CCC(=O)/C(=C/c2ccco2)C1. The number of nitrogens with zero attached hydrogens (tertiary/aromatic N) is 1. The topological polar surface area (TPSA) is 33.5 Å². The average Bonchev–Trinajstić information content (AvgIpc) is 2.64. The molecule has 1 aliphatic heterocycles. The fourth-order valence-electron chi connectivity index (χ4n) is 1.58. The summed E-state index contributed by atoms with van der Waals surface area (Å²) in [5.41, 5.74) is 0.841. The molecule has 0 N–H and O–H groups in total. The highest BCUT2D eigenvalue weighted by atomic mass is 16.3. The van der Waals surface area contributed by atoms with Crippen LogP contribution in [0.2, 0.25) is 0 Å². The predicted octanol–water partition coefficient (Wildman–Crippen LogP) is 1.57. The van der Waals surface area contributed by atoms with Crippen molar-refractivity contribution in [1.29, 1.82) is 0 Å². The van der Waals surface area contributed by atoms with Crippen molar-refractivity contribution in [3.05, 3.63) is 29.7 Å². The predicted molar refractivity (Wildman–Crippen MR) is 53.8 cm³/mol. The molecule has 0 aliphatic carbocycles. The van der Waals surface area contributed by atoms with Gasteiger partial charge in [-0.3, -0.25) is 4.79 Å². The van der Waals surface area contributed by atoms with Crippen molar-refractivity contribution < 1.29 is 9.21 Å². The van der Waals surface area contributed by atoms with E-state index in [1.165, 1.54) is 0 Å². The summed E-state index contributed by atoms with van der Waals surface area (Å²) in [7, 11) is 2.02. The first-order valence-electron chi connectivity index (χ1n) is 4.71. The summed E-state index contributed by atoms with van der Waals surface area (Å²) in [5.74, 6) is 0.989. The zero-order valence-electron chi connectivity index (χ0n) is 8.19. The summed E-state index contributed by atoms with van der Waals surface area (Å²) >= 11 is 0. The highest BCUT2D eigenvalue weighted by Gasteiger charge is 2.18. The van der Waals surface area contributed by atoms with E-state index in [9.17, 15) is 4.79 Å². The first kappa shape index (κ1) is 9.21. The van der Waals surface area contributed by atoms with Crippen LogP contribution in [0, 0.1) is 0 Å². The molecule has 0 radical (unpaired) electrons. The van der Waals surface area contributed by atoms with Gasteiger partial charge in [-0.25, -0.2) is 0 Å². The molecule has 3 nitrogen and oxygen atoms in total. The van der Waals surface area contributed by atoms with Crippen molar-refractivity contribution in [2.45, 2.75) is 6.42 Å². The molecule has 0 unspecified atom stereocenters. The van der Waals surface area contributed by atoms with E-state index in [1.54, 1.807) is 6.26 Å². The molecule has 14 heavy (non-hydrogen) atoms. The Morgan fingerprint density at radius 1 is 1.57 bits per heavy atom. The molecular formula is C11H13NO2. The third-order valence-electron chi connectivity index (χ3n) is 2.38. The van der Waals surface area contributed by atoms with Gasteiger partial charge in [0.05, 0.1) is 6.26 Å². The lowest BCUT2D eigenvalue weighted by Gasteiger charge is -2.22. The van der Waals surface area contributed by atoms with E-state index in [4.69, 9.17) is 4.42 Å². The number of ketones is 1. The second-order valence-electron chi connectivity index (χ2n) is 3.60. The van der Waals surface area contributed by atoms with Crippen molar-refractivity contribution in [2.24, 2.45) is 0 Å². The van der Waals surface area contributed by atoms with Crippen LogP contribution in [-0.2, 0) is 4.79 Å². The van der Waals surface area contributed by atoms with Crippen LogP contribution >= 0.6 is 0 Å². The molecule has 0 bridgehead atoms. The lowest BCUT2D eigenvalue weighted by molar-refractivity contribution is -0.117. The molecule has 0 amide bonds. The van der Waals surface area contributed by atoms with Crippen LogP contribution in [0.5, 0.6) is 0 Å². The number of carbonyl (C=O) groups excluding carboxylic acids is 1. The minimum absolute atomic E-state index is 0.236. The summed E-state index contributed by atoms with van der Waals surface area (Å²) in [5, 5.41) is 0. The fourth-order valence-corrected chi connectivity index (χ4v) is 1.58. The highest BCUT2D eigenvalue weighted by molar-refractivity contribution is 6.00. The molecule has 1 fully saturated rings. The van der Waals surface area contributed by atoms with Crippen LogP contribution in [0.1, 0.15) is 12.2 Å². The Labute approximate surface area is 83.0 Å². The molecule has 0 aromatic carbocycles. The summed E-state index contributed by atoms with van der Waals surface area (Å²) in [6.45, 7) is 1.58. The van der Waals surface area contributed by atoms with E-state index in [0.29, 0.717) is 6.42 Å². The van der Waals surface area contributed by atoms with Gasteiger partial charge in [-0.2, -0.15) is 0 Å². The van der Waals surface area contributed by atoms with Gasteiger partial charge in [-0.05, 0) is 25.3 Å². The monoisotopic (exact) mass is 191 g/mol. The summed E-state index contributed by atoms with van der Waals surface area (Å²) in [6.07, 6.45) is 4.06. The van der Waals surface area contributed by atoms with Crippen molar-refractivity contribution in [3.8, 4) is 0 Å². The van der Waals surface area contributed by atoms with Gasteiger partial charge in [0.15, 0.2) is 5.78 Å². The molecule has 1 aromatic rings. The van der Waals surface area contributed by atoms with Gasteiger partial charge in [-0.1, -0.05) is 0 Å². The Bertz CT molecular complexity index is 351. The van der Waals surface area contributed by atoms with Crippen LogP contribution in [-0.4, -0.2) is 30.8 Å². The molecule has 0 spiro atoms. The molecule has 1 aliphatic rings. The number of hydrogen-bond acceptors (Lipinski definition) is 3. The summed E-state index contributed by atoms with van der Waals surface area (Å²) in [6, 6.07) is 3.68. The number of rotatable bonds is 1. The van der Waals surface area contributed by atoms with Gasteiger partial charge in [0.25, 0.3) is 0 Å². The van der Waals surface area contributed by atoms with Gasteiger partial charge < -0.3 is 9.32 Å². The smallest absolute Gasteiger partial charge is 0.161 e. The Hall–Kier alpha value is -1.35. The molecule has 2 rings (SSSR count). The molecule has 74 valence electrons. The van der Waals surface area contributed by atoms with E-state index < -0.39 is 0 Å². The molecule has 3 heteroatoms. The minimum atomic E-state index is 0.236. The van der Waals surface area contributed by atoms with Crippen LogP contribution in [0.25, 0.3) is 6.08 Å². The van der Waals surface area contributed by atoms with Gasteiger partial charge in [0, 0.05) is 25.1 Å². The third kappa shape index (κ3) is 1.93. The normalized spacial score (nSPS) is 21.8. The molecule has 0 saturated carbocycles. The zero-order valence-corrected chi connectivity index (χ0v) is 8.19. The second-order valence-corrected chi connectivity index (χ2v) is 3.60. The van der Waals surface area contributed by atoms with Gasteiger partial charge in [0.2, 0.25) is 0 Å². The van der Waals surface area contributed by atoms with Crippen LogP contribution in [0.4, 0.5) is 0 Å². The number of carbonyl (C=O) groups is 1. The van der Waals surface area contributed by atoms with Gasteiger partial charge >= 0.3 is 0 Å². The van der Waals surface area contributed by atoms with Gasteiger partial charge in [-0.15, -0.1) is 0 Å². The maximum absolute atomic E-state index is 11.5. The van der Waals surface area contributed by atoms with Crippen LogP contribution in [0.15, 0.2) is 28.4 Å². The number of likely N-dealkylation sites (N-methyl/N-ethyl adjacent to an activating group) is 1. The quantitative estimate of drug-likeness (QED) is 0.632. The molecule has 0 atom stereocenters. The summed E-state index contributed by atoms with van der Waals surface area (Å²) in [4.78, 5) is 13.7. The highest BCUT2D eigenvalue weighted by Crippen LogP contribution is 2.14. The fraction of sp³-hybridized carbons (Fsp3) is 0.364. The molecule has 2 heterocycles.